The maximum Gasteiger partial charge on any atom is 0.254 e. The first kappa shape index (κ1) is 16.9. The van der Waals surface area contributed by atoms with Crippen LogP contribution in [0.3, 0.4) is 0 Å². The Kier molecular flexibility index (Phi) is 4.95. The number of ether oxygens (including phenoxy) is 1. The number of likely N-dealkylation sites (N-methyl/N-ethyl adjacent to an activating group) is 1. The number of aromatic nitrogens is 1. The zero-order chi connectivity index (χ0) is 17.0. The van der Waals surface area contributed by atoms with E-state index in [1.54, 1.807) is 17.9 Å². The fourth-order valence-electron chi connectivity index (χ4n) is 2.44. The highest BCUT2D eigenvalue weighted by molar-refractivity contribution is 5.97. The Hall–Kier alpha value is -2.48. The quantitative estimate of drug-likeness (QED) is 0.817. The zero-order valence-corrected chi connectivity index (χ0v) is 13.4. The molecule has 1 atom stereocenters. The van der Waals surface area contributed by atoms with Crippen molar-refractivity contribution in [2.45, 2.75) is 19.4 Å². The Labute approximate surface area is 134 Å². The fourth-order valence-corrected chi connectivity index (χ4v) is 2.44. The average Bonchev–Trinajstić information content (AvgIpc) is 2.53. The molecule has 1 unspecified atom stereocenters. The number of anilines is 1. The molecule has 0 saturated carbocycles. The van der Waals surface area contributed by atoms with Gasteiger partial charge in [-0.1, -0.05) is 0 Å². The summed E-state index contributed by atoms with van der Waals surface area (Å²) in [6.45, 7) is 3.85. The number of morpholine rings is 1. The van der Waals surface area contributed by atoms with Crippen LogP contribution in [0.1, 0.15) is 24.2 Å². The summed E-state index contributed by atoms with van der Waals surface area (Å²) < 4.78 is 5.54. The number of nitrogens with zero attached hydrogens (tertiary/aromatic N) is 2. The van der Waals surface area contributed by atoms with E-state index in [0.29, 0.717) is 17.9 Å². The molecule has 8 nitrogen and oxygen atoms in total. The summed E-state index contributed by atoms with van der Waals surface area (Å²) in [6.07, 6.45) is 1.46. The second kappa shape index (κ2) is 6.74. The van der Waals surface area contributed by atoms with Gasteiger partial charge in [-0.05, 0) is 19.1 Å². The van der Waals surface area contributed by atoms with Crippen molar-refractivity contribution >= 4 is 23.5 Å². The average molecular weight is 320 g/mol. The standard InChI is InChI=1S/C15H20N4O4/c1-10(20)18-12-8-11(4-5-17-12)13(21)19-6-7-23-15(2,9-19)14(22)16-3/h4-5,8H,6-7,9H2,1-3H3,(H,16,22)(H,17,18,20). The molecule has 0 aromatic carbocycles. The summed E-state index contributed by atoms with van der Waals surface area (Å²) in [4.78, 5) is 41.2. The molecule has 0 radical (unpaired) electrons. The van der Waals surface area contributed by atoms with Gasteiger partial charge in [0.05, 0.1) is 13.2 Å². The van der Waals surface area contributed by atoms with Crippen molar-refractivity contribution in [1.82, 2.24) is 15.2 Å². The minimum atomic E-state index is -1.07. The molecule has 2 heterocycles. The SMILES string of the molecule is CNC(=O)C1(C)CN(C(=O)c2ccnc(NC(C)=O)c2)CCO1. The molecule has 0 bridgehead atoms. The van der Waals surface area contributed by atoms with E-state index in [1.807, 2.05) is 0 Å². The molecule has 1 aliphatic heterocycles. The van der Waals surface area contributed by atoms with E-state index < -0.39 is 5.60 Å². The maximum absolute atomic E-state index is 12.6. The third-order valence-electron chi connectivity index (χ3n) is 3.58. The van der Waals surface area contributed by atoms with Crippen molar-refractivity contribution < 1.29 is 19.1 Å². The number of nitrogens with one attached hydrogen (secondary N) is 2. The lowest BCUT2D eigenvalue weighted by atomic mass is 10.0. The van der Waals surface area contributed by atoms with Crippen molar-refractivity contribution in [3.8, 4) is 0 Å². The predicted octanol–water partition coefficient (Wildman–Crippen LogP) is 0.0171. The molecule has 2 N–H and O–H groups in total. The Morgan fingerprint density at radius 3 is 2.78 bits per heavy atom. The largest absolute Gasteiger partial charge is 0.362 e. The summed E-state index contributed by atoms with van der Waals surface area (Å²) in [5.41, 5.74) is -0.680. The van der Waals surface area contributed by atoms with Crippen LogP contribution in [0.15, 0.2) is 18.3 Å². The minimum absolute atomic E-state index is 0.156. The van der Waals surface area contributed by atoms with Crippen LogP contribution in [0.25, 0.3) is 0 Å². The topological polar surface area (TPSA) is 101 Å². The molecule has 8 heteroatoms. The van der Waals surface area contributed by atoms with E-state index in [9.17, 15) is 14.4 Å². The number of carbonyl (C=O) groups excluding carboxylic acids is 3. The van der Waals surface area contributed by atoms with Crippen molar-refractivity contribution in [1.29, 1.82) is 0 Å². The van der Waals surface area contributed by atoms with Crippen LogP contribution in [0.5, 0.6) is 0 Å². The molecule has 1 aliphatic rings. The summed E-state index contributed by atoms with van der Waals surface area (Å²) in [7, 11) is 1.53. The van der Waals surface area contributed by atoms with Crippen LogP contribution in [-0.2, 0) is 14.3 Å². The lowest BCUT2D eigenvalue weighted by molar-refractivity contribution is -0.153. The van der Waals surface area contributed by atoms with Gasteiger partial charge in [0.15, 0.2) is 5.60 Å². The van der Waals surface area contributed by atoms with Gasteiger partial charge in [-0.15, -0.1) is 0 Å². The lowest BCUT2D eigenvalue weighted by Crippen LogP contribution is -2.58. The van der Waals surface area contributed by atoms with Gasteiger partial charge in [-0.3, -0.25) is 14.4 Å². The number of rotatable bonds is 3. The third kappa shape index (κ3) is 3.84. The summed E-state index contributed by atoms with van der Waals surface area (Å²) >= 11 is 0. The van der Waals surface area contributed by atoms with E-state index in [1.165, 1.54) is 26.2 Å². The highest BCUT2D eigenvalue weighted by Crippen LogP contribution is 2.20. The van der Waals surface area contributed by atoms with E-state index in [0.717, 1.165) is 0 Å². The molecule has 1 aromatic heterocycles. The predicted molar refractivity (Wildman–Crippen MR) is 82.9 cm³/mol. The van der Waals surface area contributed by atoms with Crippen molar-refractivity contribution in [3.63, 3.8) is 0 Å². The molecule has 0 spiro atoms. The van der Waals surface area contributed by atoms with Gasteiger partial charge in [0, 0.05) is 32.3 Å². The molecule has 3 amide bonds. The number of hydrogen-bond donors (Lipinski definition) is 2. The Morgan fingerprint density at radius 2 is 2.13 bits per heavy atom. The Balaban J connectivity index is 2.16. The van der Waals surface area contributed by atoms with Gasteiger partial charge < -0.3 is 20.3 Å². The second-order valence-corrected chi connectivity index (χ2v) is 5.50. The molecule has 1 fully saturated rings. The van der Waals surface area contributed by atoms with Crippen molar-refractivity contribution in [2.75, 3.05) is 32.1 Å². The molecule has 1 aromatic rings. The van der Waals surface area contributed by atoms with Crippen LogP contribution in [0.4, 0.5) is 5.82 Å². The zero-order valence-electron chi connectivity index (χ0n) is 13.4. The number of amides is 3. The molecule has 0 aliphatic carbocycles. The summed E-state index contributed by atoms with van der Waals surface area (Å²) in [5.74, 6) is -0.465. The van der Waals surface area contributed by atoms with Crippen LogP contribution >= 0.6 is 0 Å². The highest BCUT2D eigenvalue weighted by Gasteiger charge is 2.40. The van der Waals surface area contributed by atoms with Crippen LogP contribution in [-0.4, -0.2) is 60.0 Å². The monoisotopic (exact) mass is 320 g/mol. The first-order valence-electron chi connectivity index (χ1n) is 7.25. The Morgan fingerprint density at radius 1 is 1.39 bits per heavy atom. The van der Waals surface area contributed by atoms with E-state index in [-0.39, 0.29) is 30.9 Å². The van der Waals surface area contributed by atoms with Crippen LogP contribution in [0, 0.1) is 0 Å². The second-order valence-electron chi connectivity index (χ2n) is 5.50. The van der Waals surface area contributed by atoms with E-state index in [2.05, 4.69) is 15.6 Å². The maximum atomic E-state index is 12.6. The third-order valence-corrected chi connectivity index (χ3v) is 3.58. The van der Waals surface area contributed by atoms with Gasteiger partial charge in [0.2, 0.25) is 5.91 Å². The van der Waals surface area contributed by atoms with Gasteiger partial charge >= 0.3 is 0 Å². The summed E-state index contributed by atoms with van der Waals surface area (Å²) in [6, 6.07) is 3.08. The van der Waals surface area contributed by atoms with Crippen molar-refractivity contribution in [3.05, 3.63) is 23.9 Å². The molecular formula is C15H20N4O4. The van der Waals surface area contributed by atoms with Gasteiger partial charge in [-0.2, -0.15) is 0 Å². The minimum Gasteiger partial charge on any atom is -0.362 e. The molecule has 2 rings (SSSR count). The Bertz CT molecular complexity index is 634. The fraction of sp³-hybridized carbons (Fsp3) is 0.467. The molecule has 1 saturated heterocycles. The number of pyridine rings is 1. The number of carbonyl (C=O) groups is 3. The van der Waals surface area contributed by atoms with E-state index in [4.69, 9.17) is 4.74 Å². The van der Waals surface area contributed by atoms with Crippen LogP contribution in [0.2, 0.25) is 0 Å². The van der Waals surface area contributed by atoms with Gasteiger partial charge in [-0.25, -0.2) is 4.98 Å². The smallest absolute Gasteiger partial charge is 0.254 e. The molecule has 23 heavy (non-hydrogen) atoms. The summed E-state index contributed by atoms with van der Waals surface area (Å²) in [5, 5.41) is 5.08. The van der Waals surface area contributed by atoms with Gasteiger partial charge in [0.25, 0.3) is 11.8 Å². The first-order chi connectivity index (χ1) is 10.9. The van der Waals surface area contributed by atoms with Crippen molar-refractivity contribution in [2.24, 2.45) is 0 Å². The van der Waals surface area contributed by atoms with E-state index >= 15 is 0 Å². The lowest BCUT2D eigenvalue weighted by Gasteiger charge is -2.39. The normalized spacial score (nSPS) is 20.7. The van der Waals surface area contributed by atoms with Gasteiger partial charge in [0.1, 0.15) is 5.82 Å². The number of hydrogen-bond acceptors (Lipinski definition) is 5. The highest BCUT2D eigenvalue weighted by atomic mass is 16.5. The first-order valence-corrected chi connectivity index (χ1v) is 7.25. The molecule has 124 valence electrons. The molecular weight excluding hydrogens is 300 g/mol. The van der Waals surface area contributed by atoms with Crippen LogP contribution < -0.4 is 10.6 Å².